The minimum absolute atomic E-state index is 0.0571. The van der Waals surface area contributed by atoms with E-state index in [0.717, 1.165) is 5.56 Å². The first-order chi connectivity index (χ1) is 7.91. The molecule has 1 aromatic carbocycles. The molecule has 0 bridgehead atoms. The van der Waals surface area contributed by atoms with Gasteiger partial charge in [-0.25, -0.2) is 8.42 Å². The number of anilines is 1. The van der Waals surface area contributed by atoms with Gasteiger partial charge >= 0.3 is 0 Å². The van der Waals surface area contributed by atoms with Crippen molar-refractivity contribution < 1.29 is 13.5 Å². The summed E-state index contributed by atoms with van der Waals surface area (Å²) in [6.07, 6.45) is -0.274. The van der Waals surface area contributed by atoms with Crippen LogP contribution >= 0.6 is 0 Å². The Bertz CT molecular complexity index is 525. The molecular weight excluding hydrogens is 238 g/mol. The van der Waals surface area contributed by atoms with Crippen LogP contribution in [-0.2, 0) is 9.84 Å². The molecule has 17 heavy (non-hydrogen) atoms. The summed E-state index contributed by atoms with van der Waals surface area (Å²) >= 11 is 0. The van der Waals surface area contributed by atoms with Gasteiger partial charge in [0.05, 0.1) is 17.6 Å². The molecule has 1 saturated heterocycles. The molecule has 0 spiro atoms. The number of rotatable bonds is 2. The van der Waals surface area contributed by atoms with Crippen molar-refractivity contribution in [2.24, 2.45) is 5.92 Å². The fraction of sp³-hybridized carbons (Fsp3) is 0.500. The Hall–Kier alpha value is -1.07. The monoisotopic (exact) mass is 255 g/mol. The SMILES string of the molecule is Cc1cccc(C(O)C2CCS(=O)(=O)C2)c1N. The molecule has 0 amide bonds. The van der Waals surface area contributed by atoms with Crippen LogP contribution in [0, 0.1) is 12.8 Å². The topological polar surface area (TPSA) is 80.4 Å². The van der Waals surface area contributed by atoms with Crippen LogP contribution in [-0.4, -0.2) is 25.0 Å². The first-order valence-electron chi connectivity index (χ1n) is 5.64. The Morgan fingerprint density at radius 1 is 1.47 bits per heavy atom. The maximum absolute atomic E-state index is 11.4. The lowest BCUT2D eigenvalue weighted by Crippen LogP contribution is -2.16. The molecule has 2 unspecified atom stereocenters. The second-order valence-electron chi connectivity index (χ2n) is 4.69. The van der Waals surface area contributed by atoms with Gasteiger partial charge < -0.3 is 10.8 Å². The Morgan fingerprint density at radius 2 is 2.18 bits per heavy atom. The molecule has 0 saturated carbocycles. The quantitative estimate of drug-likeness (QED) is 0.774. The van der Waals surface area contributed by atoms with Gasteiger partial charge in [-0.3, -0.25) is 0 Å². The van der Waals surface area contributed by atoms with Gasteiger partial charge in [-0.05, 0) is 18.9 Å². The lowest BCUT2D eigenvalue weighted by molar-refractivity contribution is 0.121. The van der Waals surface area contributed by atoms with E-state index < -0.39 is 15.9 Å². The molecule has 94 valence electrons. The summed E-state index contributed by atoms with van der Waals surface area (Å²) in [7, 11) is -2.97. The van der Waals surface area contributed by atoms with Gasteiger partial charge in [-0.2, -0.15) is 0 Å². The van der Waals surface area contributed by atoms with Crippen molar-refractivity contribution in [3.63, 3.8) is 0 Å². The van der Waals surface area contributed by atoms with Crippen molar-refractivity contribution >= 4 is 15.5 Å². The molecule has 5 heteroatoms. The van der Waals surface area contributed by atoms with Crippen LogP contribution in [0.4, 0.5) is 5.69 Å². The second kappa shape index (κ2) is 4.31. The fourth-order valence-corrected chi connectivity index (χ4v) is 4.12. The smallest absolute Gasteiger partial charge is 0.150 e. The number of nitrogen functional groups attached to an aromatic ring is 1. The molecule has 1 aliphatic rings. The van der Waals surface area contributed by atoms with E-state index in [1.54, 1.807) is 6.07 Å². The van der Waals surface area contributed by atoms with E-state index in [-0.39, 0.29) is 17.4 Å². The van der Waals surface area contributed by atoms with Crippen LogP contribution in [0.5, 0.6) is 0 Å². The third kappa shape index (κ3) is 2.45. The number of aliphatic hydroxyl groups excluding tert-OH is 1. The zero-order valence-electron chi connectivity index (χ0n) is 9.76. The number of aliphatic hydroxyl groups is 1. The Labute approximate surface area is 101 Å². The number of hydrogen-bond donors (Lipinski definition) is 2. The standard InChI is InChI=1S/C12H17NO3S/c1-8-3-2-4-10(11(8)13)12(14)9-5-6-17(15,16)7-9/h2-4,9,12,14H,5-7,13H2,1H3. The molecule has 2 rings (SSSR count). The minimum Gasteiger partial charge on any atom is -0.398 e. The van der Waals surface area contributed by atoms with Crippen LogP contribution in [0.25, 0.3) is 0 Å². The first-order valence-corrected chi connectivity index (χ1v) is 7.46. The van der Waals surface area contributed by atoms with Crippen molar-refractivity contribution in [3.05, 3.63) is 29.3 Å². The Morgan fingerprint density at radius 3 is 2.76 bits per heavy atom. The number of benzene rings is 1. The Balaban J connectivity index is 2.26. The summed E-state index contributed by atoms with van der Waals surface area (Å²) in [5.74, 6) is -0.00811. The average Bonchev–Trinajstić information content (AvgIpc) is 2.62. The van der Waals surface area contributed by atoms with Crippen LogP contribution in [0.1, 0.15) is 23.7 Å². The average molecular weight is 255 g/mol. The highest BCUT2D eigenvalue weighted by molar-refractivity contribution is 7.91. The van der Waals surface area contributed by atoms with Crippen LogP contribution < -0.4 is 5.73 Å². The second-order valence-corrected chi connectivity index (χ2v) is 6.91. The fourth-order valence-electron chi connectivity index (χ4n) is 2.29. The molecule has 3 N–H and O–H groups in total. The molecule has 1 heterocycles. The van der Waals surface area contributed by atoms with Crippen molar-refractivity contribution in [2.45, 2.75) is 19.4 Å². The maximum Gasteiger partial charge on any atom is 0.150 e. The molecule has 0 aliphatic carbocycles. The lowest BCUT2D eigenvalue weighted by atomic mass is 9.93. The first kappa shape index (κ1) is 12.4. The Kier molecular flexibility index (Phi) is 3.14. The van der Waals surface area contributed by atoms with Crippen LogP contribution in [0.15, 0.2) is 18.2 Å². The molecule has 2 atom stereocenters. The van der Waals surface area contributed by atoms with Crippen molar-refractivity contribution in [1.29, 1.82) is 0 Å². The van der Waals surface area contributed by atoms with Gasteiger partial charge in [0.15, 0.2) is 9.84 Å². The molecule has 1 aromatic rings. The highest BCUT2D eigenvalue weighted by atomic mass is 32.2. The third-order valence-electron chi connectivity index (χ3n) is 3.39. The molecule has 1 fully saturated rings. The summed E-state index contributed by atoms with van der Waals surface area (Å²) in [4.78, 5) is 0. The predicted molar refractivity (Wildman–Crippen MR) is 67.3 cm³/mol. The van der Waals surface area contributed by atoms with E-state index in [1.807, 2.05) is 19.1 Å². The van der Waals surface area contributed by atoms with E-state index in [2.05, 4.69) is 0 Å². The summed E-state index contributed by atoms with van der Waals surface area (Å²) in [6, 6.07) is 5.46. The zero-order valence-corrected chi connectivity index (χ0v) is 10.6. The van der Waals surface area contributed by atoms with E-state index >= 15 is 0 Å². The number of sulfone groups is 1. The van der Waals surface area contributed by atoms with Gasteiger partial charge in [0.1, 0.15) is 0 Å². The maximum atomic E-state index is 11.4. The molecule has 0 radical (unpaired) electrons. The summed E-state index contributed by atoms with van der Waals surface area (Å²) in [5.41, 5.74) is 8.02. The van der Waals surface area contributed by atoms with Gasteiger partial charge in [0, 0.05) is 17.2 Å². The molecule has 0 aromatic heterocycles. The van der Waals surface area contributed by atoms with Crippen LogP contribution in [0.3, 0.4) is 0 Å². The predicted octanol–water partition coefficient (Wildman–Crippen LogP) is 1.05. The highest BCUT2D eigenvalue weighted by Gasteiger charge is 2.34. The molecule has 1 aliphatic heterocycles. The summed E-state index contributed by atoms with van der Waals surface area (Å²) in [5, 5.41) is 10.2. The largest absolute Gasteiger partial charge is 0.398 e. The van der Waals surface area contributed by atoms with Gasteiger partial charge in [0.25, 0.3) is 0 Å². The number of nitrogens with two attached hydrogens (primary N) is 1. The highest BCUT2D eigenvalue weighted by Crippen LogP contribution is 2.34. The van der Waals surface area contributed by atoms with Crippen molar-refractivity contribution in [3.8, 4) is 0 Å². The molecule has 4 nitrogen and oxygen atoms in total. The zero-order chi connectivity index (χ0) is 12.6. The number of para-hydroxylation sites is 1. The van der Waals surface area contributed by atoms with E-state index in [4.69, 9.17) is 5.73 Å². The van der Waals surface area contributed by atoms with Gasteiger partial charge in [0.2, 0.25) is 0 Å². The van der Waals surface area contributed by atoms with Crippen molar-refractivity contribution in [2.75, 3.05) is 17.2 Å². The molecular formula is C12H17NO3S. The van der Waals surface area contributed by atoms with Gasteiger partial charge in [-0.15, -0.1) is 0 Å². The number of hydrogen-bond acceptors (Lipinski definition) is 4. The van der Waals surface area contributed by atoms with Gasteiger partial charge in [-0.1, -0.05) is 18.2 Å². The number of aryl methyl sites for hydroxylation is 1. The van der Waals surface area contributed by atoms with E-state index in [1.165, 1.54) is 0 Å². The lowest BCUT2D eigenvalue weighted by Gasteiger charge is -2.19. The van der Waals surface area contributed by atoms with E-state index in [0.29, 0.717) is 17.7 Å². The summed E-state index contributed by atoms with van der Waals surface area (Å²) < 4.78 is 22.8. The normalized spacial score (nSPS) is 24.7. The minimum atomic E-state index is -2.97. The van der Waals surface area contributed by atoms with Crippen LogP contribution in [0.2, 0.25) is 0 Å². The van der Waals surface area contributed by atoms with E-state index in [9.17, 15) is 13.5 Å². The third-order valence-corrected chi connectivity index (χ3v) is 5.18. The van der Waals surface area contributed by atoms with Crippen molar-refractivity contribution in [1.82, 2.24) is 0 Å². The summed E-state index contributed by atoms with van der Waals surface area (Å²) in [6.45, 7) is 1.87.